The molecule has 11 aromatic rings. The van der Waals surface area contributed by atoms with Crippen molar-refractivity contribution >= 4 is 71.2 Å². The predicted molar refractivity (Wildman–Crippen MR) is 318 cm³/mol. The van der Waals surface area contributed by atoms with Crippen molar-refractivity contribution in [2.24, 2.45) is 0 Å². The van der Waals surface area contributed by atoms with Gasteiger partial charge in [0.2, 0.25) is 0 Å². The smallest absolute Gasteiger partial charge is 0.0991 e. The van der Waals surface area contributed by atoms with Gasteiger partial charge in [-0.05, 0) is 167 Å². The first-order valence-electron chi connectivity index (χ1n) is 26.3. The highest BCUT2D eigenvalue weighted by atomic mass is 15.1. The molecule has 0 N–H and O–H groups in total. The normalized spacial score (nSPS) is 12.6. The summed E-state index contributed by atoms with van der Waals surface area (Å²) in [6.07, 6.45) is 0. The van der Waals surface area contributed by atoms with Crippen molar-refractivity contribution in [1.82, 2.24) is 4.57 Å². The minimum atomic E-state index is -0.119. The summed E-state index contributed by atoms with van der Waals surface area (Å²) in [5.74, 6) is 0. The Labute approximate surface area is 438 Å². The third-order valence-corrected chi connectivity index (χ3v) is 15.4. The lowest BCUT2D eigenvalue weighted by Crippen LogP contribution is -2.15. The minimum Gasteiger partial charge on any atom is -0.309 e. The maximum absolute atomic E-state index is 10.1. The van der Waals surface area contributed by atoms with Crippen LogP contribution in [0.15, 0.2) is 188 Å². The topological polar surface area (TPSA) is 32.0 Å². The molecule has 0 atom stereocenters. The fourth-order valence-electron chi connectivity index (χ4n) is 11.1. The fourth-order valence-corrected chi connectivity index (χ4v) is 11.1. The van der Waals surface area contributed by atoms with Crippen LogP contribution in [0.2, 0.25) is 0 Å². The van der Waals surface area contributed by atoms with Crippen LogP contribution in [0.3, 0.4) is 0 Å². The van der Waals surface area contributed by atoms with Gasteiger partial charge in [0.05, 0.1) is 28.4 Å². The van der Waals surface area contributed by atoms with Gasteiger partial charge in [-0.1, -0.05) is 192 Å². The van der Waals surface area contributed by atoms with Gasteiger partial charge in [0.15, 0.2) is 0 Å². The number of anilines is 3. The highest BCUT2D eigenvalue weighted by Gasteiger charge is 2.28. The molecule has 1 heterocycles. The second kappa shape index (κ2) is 17.6. The second-order valence-corrected chi connectivity index (χ2v) is 24.7. The molecule has 1 aromatic heterocycles. The van der Waals surface area contributed by atoms with E-state index in [4.69, 9.17) is 0 Å². The van der Waals surface area contributed by atoms with Crippen molar-refractivity contribution in [3.63, 3.8) is 0 Å². The van der Waals surface area contributed by atoms with E-state index in [-0.39, 0.29) is 21.7 Å². The van der Waals surface area contributed by atoms with Crippen LogP contribution in [-0.2, 0) is 21.7 Å². The fraction of sp³-hybridized carbons (Fsp3) is 0.225. The molecule has 0 radical (unpaired) electrons. The Kier molecular flexibility index (Phi) is 11.5. The van der Waals surface area contributed by atoms with Crippen molar-refractivity contribution in [2.45, 2.75) is 105 Å². The molecule has 0 fully saturated rings. The average molecular weight is 962 g/mol. The number of hydrogen-bond donors (Lipinski definition) is 0. The summed E-state index contributed by atoms with van der Waals surface area (Å²) in [4.78, 5) is 2.45. The quantitative estimate of drug-likeness (QED) is 0.156. The Morgan fingerprint density at radius 1 is 0.378 bits per heavy atom. The standard InChI is InChI=1S/C71H67N3/c1-68(2,3)49-30-36-59-62(41-49)66(48-27-25-47(26-28-48)57-22-15-18-46-17-13-14-21-56(46)57)58-35-29-50(69(4,5)6)42-63(58)67(59)73(53-33-23-45(44-72)24-34-53)54-19-16-20-55(43-54)74-64-37-31-51(70(7,8)9)39-60(64)61-40-52(71(10,11)12)32-38-65(61)74/h13-43H,1-12H3. The second-order valence-electron chi connectivity index (χ2n) is 24.7. The molecule has 0 amide bonds. The van der Waals surface area contributed by atoms with E-state index in [1.54, 1.807) is 0 Å². The van der Waals surface area contributed by atoms with E-state index in [1.165, 1.54) is 87.9 Å². The molecule has 0 saturated heterocycles. The number of fused-ring (bicyclic) bond motifs is 6. The minimum absolute atomic E-state index is 0.00565. The molecule has 10 aromatic carbocycles. The largest absolute Gasteiger partial charge is 0.309 e. The van der Waals surface area contributed by atoms with Crippen LogP contribution in [0.5, 0.6) is 0 Å². The summed E-state index contributed by atoms with van der Waals surface area (Å²) in [7, 11) is 0. The van der Waals surface area contributed by atoms with E-state index in [0.29, 0.717) is 5.56 Å². The summed E-state index contributed by atoms with van der Waals surface area (Å²) in [5, 5.41) is 19.8. The van der Waals surface area contributed by atoms with Gasteiger partial charge in [-0.2, -0.15) is 5.26 Å². The zero-order chi connectivity index (χ0) is 52.1. The first-order valence-corrected chi connectivity index (χ1v) is 26.3. The molecular weight excluding hydrogens is 895 g/mol. The molecule has 0 aliphatic carbocycles. The van der Waals surface area contributed by atoms with Crippen LogP contribution in [0.1, 0.15) is 111 Å². The van der Waals surface area contributed by atoms with Crippen molar-refractivity contribution in [1.29, 1.82) is 5.26 Å². The van der Waals surface area contributed by atoms with Crippen LogP contribution < -0.4 is 4.90 Å². The molecule has 0 saturated carbocycles. The van der Waals surface area contributed by atoms with Gasteiger partial charge in [-0.15, -0.1) is 0 Å². The first-order chi connectivity index (χ1) is 35.2. The lowest BCUT2D eigenvalue weighted by Gasteiger charge is -2.31. The number of hydrogen-bond acceptors (Lipinski definition) is 2. The Bertz CT molecular complexity index is 3960. The summed E-state index contributed by atoms with van der Waals surface area (Å²) >= 11 is 0. The van der Waals surface area contributed by atoms with Crippen LogP contribution in [0, 0.1) is 11.3 Å². The van der Waals surface area contributed by atoms with E-state index in [2.05, 4.69) is 275 Å². The van der Waals surface area contributed by atoms with Gasteiger partial charge in [0.1, 0.15) is 0 Å². The third kappa shape index (κ3) is 8.51. The lowest BCUT2D eigenvalue weighted by atomic mass is 9.81. The van der Waals surface area contributed by atoms with Gasteiger partial charge in [0.25, 0.3) is 0 Å². The van der Waals surface area contributed by atoms with E-state index in [1.807, 2.05) is 12.1 Å². The molecule has 366 valence electrons. The number of nitriles is 1. The maximum atomic E-state index is 10.1. The van der Waals surface area contributed by atoms with Crippen molar-refractivity contribution in [3.8, 4) is 34.0 Å². The van der Waals surface area contributed by atoms with E-state index >= 15 is 0 Å². The van der Waals surface area contributed by atoms with Gasteiger partial charge in [-0.25, -0.2) is 0 Å². The molecule has 0 aliphatic heterocycles. The van der Waals surface area contributed by atoms with Crippen molar-refractivity contribution in [3.05, 3.63) is 216 Å². The number of aromatic nitrogens is 1. The Morgan fingerprint density at radius 3 is 1.46 bits per heavy atom. The third-order valence-electron chi connectivity index (χ3n) is 15.4. The van der Waals surface area contributed by atoms with E-state index < -0.39 is 0 Å². The highest BCUT2D eigenvalue weighted by Crippen LogP contribution is 2.51. The summed E-state index contributed by atoms with van der Waals surface area (Å²) in [6.45, 7) is 27.6. The summed E-state index contributed by atoms with van der Waals surface area (Å²) in [5.41, 5.74) is 16.9. The van der Waals surface area contributed by atoms with Gasteiger partial charge >= 0.3 is 0 Å². The van der Waals surface area contributed by atoms with Crippen LogP contribution >= 0.6 is 0 Å². The molecule has 3 nitrogen and oxygen atoms in total. The summed E-state index contributed by atoms with van der Waals surface area (Å²) < 4.78 is 2.46. The number of rotatable bonds is 6. The van der Waals surface area contributed by atoms with Gasteiger partial charge in [0, 0.05) is 38.6 Å². The zero-order valence-electron chi connectivity index (χ0n) is 45.2. The van der Waals surface area contributed by atoms with Crippen molar-refractivity contribution in [2.75, 3.05) is 4.90 Å². The monoisotopic (exact) mass is 962 g/mol. The predicted octanol–water partition coefficient (Wildman–Crippen LogP) is 20.1. The van der Waals surface area contributed by atoms with Crippen LogP contribution in [0.4, 0.5) is 17.1 Å². The molecule has 0 unspecified atom stereocenters. The Morgan fingerprint density at radius 2 is 0.878 bits per heavy atom. The number of nitrogens with zero attached hydrogens (tertiary/aromatic N) is 3. The highest BCUT2D eigenvalue weighted by molar-refractivity contribution is 6.23. The zero-order valence-corrected chi connectivity index (χ0v) is 45.2. The lowest BCUT2D eigenvalue weighted by molar-refractivity contribution is 0.590. The average Bonchev–Trinajstić information content (AvgIpc) is 3.71. The van der Waals surface area contributed by atoms with E-state index in [0.717, 1.165) is 33.5 Å². The summed E-state index contributed by atoms with van der Waals surface area (Å²) in [6, 6.07) is 72.5. The molecule has 0 spiro atoms. The Hall–Kier alpha value is -7.93. The van der Waals surface area contributed by atoms with E-state index in [9.17, 15) is 5.26 Å². The molecule has 3 heteroatoms. The SMILES string of the molecule is CC(C)(C)c1ccc2c(N(c3ccc(C#N)cc3)c3cccc(-n4c5ccc(C(C)(C)C)cc5c5cc(C(C)(C)C)ccc54)c3)c3cc(C(C)(C)C)ccc3c(-c3ccc(-c4cccc5ccccc45)cc3)c2c1. The molecular formula is C71H67N3. The maximum Gasteiger partial charge on any atom is 0.0991 e. The van der Waals surface area contributed by atoms with Crippen LogP contribution in [0.25, 0.3) is 82.1 Å². The Balaban J connectivity index is 1.21. The number of benzene rings is 10. The molecule has 0 aliphatic rings. The van der Waals surface area contributed by atoms with Gasteiger partial charge < -0.3 is 9.47 Å². The van der Waals surface area contributed by atoms with Gasteiger partial charge in [-0.3, -0.25) is 0 Å². The molecule has 0 bridgehead atoms. The molecule has 11 rings (SSSR count). The van der Waals surface area contributed by atoms with Crippen molar-refractivity contribution < 1.29 is 0 Å². The first kappa shape index (κ1) is 48.3. The van der Waals surface area contributed by atoms with Crippen LogP contribution in [-0.4, -0.2) is 4.57 Å². The molecule has 74 heavy (non-hydrogen) atoms.